The number of ether oxygens (including phenoxy) is 1. The van der Waals surface area contributed by atoms with Crippen molar-refractivity contribution in [3.8, 4) is 0 Å². The lowest BCUT2D eigenvalue weighted by molar-refractivity contribution is -0.119. The summed E-state index contributed by atoms with van der Waals surface area (Å²) in [5, 5.41) is 6.70. The highest BCUT2D eigenvalue weighted by Crippen LogP contribution is 2.19. The van der Waals surface area contributed by atoms with Crippen LogP contribution in [0, 0.1) is 6.92 Å². The molecule has 1 N–H and O–H groups in total. The number of anilines is 1. The van der Waals surface area contributed by atoms with Crippen LogP contribution in [0.4, 0.5) is 5.69 Å². The van der Waals surface area contributed by atoms with E-state index >= 15 is 0 Å². The minimum absolute atomic E-state index is 0.0483. The van der Waals surface area contributed by atoms with Crippen molar-refractivity contribution in [3.05, 3.63) is 92.3 Å². The summed E-state index contributed by atoms with van der Waals surface area (Å²) in [6.07, 6.45) is 0. The van der Waals surface area contributed by atoms with Gasteiger partial charge in [-0.15, -0.1) is 0 Å². The Bertz CT molecular complexity index is 1100. The lowest BCUT2D eigenvalue weighted by Crippen LogP contribution is -2.26. The molecule has 3 rings (SSSR count). The van der Waals surface area contributed by atoms with Crippen LogP contribution in [0.3, 0.4) is 0 Å². The van der Waals surface area contributed by atoms with E-state index in [9.17, 15) is 14.4 Å². The molecule has 148 valence electrons. The van der Waals surface area contributed by atoms with Crippen molar-refractivity contribution in [1.29, 1.82) is 0 Å². The van der Waals surface area contributed by atoms with Crippen LogP contribution in [-0.2, 0) is 16.1 Å². The number of carbonyl (C=O) groups is 2. The fourth-order valence-electron chi connectivity index (χ4n) is 2.55. The first-order chi connectivity index (χ1) is 13.9. The molecule has 3 aromatic rings. The van der Waals surface area contributed by atoms with Crippen molar-refractivity contribution in [3.63, 3.8) is 0 Å². The normalized spacial score (nSPS) is 10.4. The molecule has 2 aromatic carbocycles. The first kappa shape index (κ1) is 20.5. The van der Waals surface area contributed by atoms with Crippen LogP contribution in [0.1, 0.15) is 21.6 Å². The smallest absolute Gasteiger partial charge is 0.359 e. The van der Waals surface area contributed by atoms with Gasteiger partial charge in [0.1, 0.15) is 0 Å². The molecule has 0 fully saturated rings. The molecule has 0 unspecified atom stereocenters. The molecule has 1 amide bonds. The van der Waals surface area contributed by atoms with Crippen molar-refractivity contribution >= 4 is 33.5 Å². The third kappa shape index (κ3) is 5.61. The highest BCUT2D eigenvalue weighted by molar-refractivity contribution is 9.10. The molecule has 0 aliphatic rings. The van der Waals surface area contributed by atoms with Gasteiger partial charge in [0.05, 0.1) is 6.54 Å². The van der Waals surface area contributed by atoms with Gasteiger partial charge in [0.25, 0.3) is 11.5 Å². The number of nitrogens with one attached hydrogen (secondary N) is 1. The molecule has 0 saturated heterocycles. The quantitative estimate of drug-likeness (QED) is 0.576. The minimum Gasteiger partial charge on any atom is -0.451 e. The van der Waals surface area contributed by atoms with Crippen LogP contribution in [0.5, 0.6) is 0 Å². The molecule has 1 heterocycles. The Morgan fingerprint density at radius 2 is 1.86 bits per heavy atom. The zero-order chi connectivity index (χ0) is 20.8. The summed E-state index contributed by atoms with van der Waals surface area (Å²) in [4.78, 5) is 36.3. The minimum atomic E-state index is -0.783. The summed E-state index contributed by atoms with van der Waals surface area (Å²) in [7, 11) is 0. The predicted octanol–water partition coefficient (Wildman–Crippen LogP) is 3.16. The molecular formula is C21H18BrN3O4. The average molecular weight is 456 g/mol. The van der Waals surface area contributed by atoms with E-state index in [0.717, 1.165) is 15.6 Å². The number of carbonyl (C=O) groups excluding carboxylic acids is 2. The molecular weight excluding hydrogens is 438 g/mol. The topological polar surface area (TPSA) is 90.3 Å². The molecule has 0 aliphatic carbocycles. The third-order valence-corrected chi connectivity index (χ3v) is 4.92. The zero-order valence-corrected chi connectivity index (χ0v) is 17.2. The molecule has 0 spiro atoms. The lowest BCUT2D eigenvalue weighted by atomic mass is 10.2. The van der Waals surface area contributed by atoms with Gasteiger partial charge in [0.15, 0.2) is 12.3 Å². The van der Waals surface area contributed by atoms with Crippen LogP contribution in [0.15, 0.2) is 69.9 Å². The second kappa shape index (κ2) is 9.29. The van der Waals surface area contributed by atoms with Crippen LogP contribution >= 0.6 is 15.9 Å². The summed E-state index contributed by atoms with van der Waals surface area (Å²) in [6, 6.07) is 17.2. The maximum absolute atomic E-state index is 12.2. The Morgan fingerprint density at radius 1 is 1.10 bits per heavy atom. The Morgan fingerprint density at radius 3 is 2.59 bits per heavy atom. The molecule has 0 bridgehead atoms. The predicted molar refractivity (Wildman–Crippen MR) is 112 cm³/mol. The Hall–Kier alpha value is -3.26. The fraction of sp³-hybridized carbons (Fsp3) is 0.143. The van der Waals surface area contributed by atoms with Gasteiger partial charge in [-0.3, -0.25) is 9.59 Å². The standard InChI is InChI=1S/C21H18BrN3O4/c1-14-11-16(7-8-17(14)22)23-19(26)13-29-21(28)18-9-10-20(27)25(24-18)12-15-5-3-2-4-6-15/h2-11H,12-13H2,1H3,(H,23,26). The van der Waals surface area contributed by atoms with Crippen molar-refractivity contribution in [2.75, 3.05) is 11.9 Å². The average Bonchev–Trinajstić information content (AvgIpc) is 2.71. The molecule has 0 atom stereocenters. The van der Waals surface area contributed by atoms with Gasteiger partial charge in [-0.05, 0) is 42.3 Å². The Balaban J connectivity index is 1.61. The van der Waals surface area contributed by atoms with Gasteiger partial charge >= 0.3 is 5.97 Å². The highest BCUT2D eigenvalue weighted by Gasteiger charge is 2.14. The SMILES string of the molecule is Cc1cc(NC(=O)COC(=O)c2ccc(=O)n(Cc3ccccc3)n2)ccc1Br. The number of hydrogen-bond acceptors (Lipinski definition) is 5. The number of aryl methyl sites for hydroxylation is 1. The number of aromatic nitrogens is 2. The van der Waals surface area contributed by atoms with Gasteiger partial charge in [0, 0.05) is 16.2 Å². The first-order valence-corrected chi connectivity index (χ1v) is 9.57. The summed E-state index contributed by atoms with van der Waals surface area (Å²) in [5.74, 6) is -1.26. The van der Waals surface area contributed by atoms with E-state index in [1.165, 1.54) is 16.8 Å². The monoisotopic (exact) mass is 455 g/mol. The van der Waals surface area contributed by atoms with Gasteiger partial charge < -0.3 is 10.1 Å². The van der Waals surface area contributed by atoms with Crippen molar-refractivity contribution in [2.24, 2.45) is 0 Å². The number of benzene rings is 2. The van der Waals surface area contributed by atoms with Crippen LogP contribution < -0.4 is 10.9 Å². The van der Waals surface area contributed by atoms with Crippen LogP contribution in [-0.4, -0.2) is 28.3 Å². The van der Waals surface area contributed by atoms with E-state index in [1.54, 1.807) is 12.1 Å². The zero-order valence-electron chi connectivity index (χ0n) is 15.6. The van der Waals surface area contributed by atoms with Gasteiger partial charge in [-0.1, -0.05) is 46.3 Å². The Labute approximate surface area is 175 Å². The van der Waals surface area contributed by atoms with Crippen LogP contribution in [0.2, 0.25) is 0 Å². The van der Waals surface area contributed by atoms with E-state index in [2.05, 4.69) is 26.3 Å². The lowest BCUT2D eigenvalue weighted by Gasteiger charge is -2.09. The molecule has 0 saturated carbocycles. The van der Waals surface area contributed by atoms with Crippen molar-refractivity contribution in [1.82, 2.24) is 9.78 Å². The molecule has 0 aliphatic heterocycles. The Kier molecular flexibility index (Phi) is 6.56. The first-order valence-electron chi connectivity index (χ1n) is 8.77. The van der Waals surface area contributed by atoms with E-state index in [4.69, 9.17) is 4.74 Å². The number of nitrogens with zero attached hydrogens (tertiary/aromatic N) is 2. The summed E-state index contributed by atoms with van der Waals surface area (Å²) in [5.41, 5.74) is 2.05. The number of amides is 1. The van der Waals surface area contributed by atoms with E-state index < -0.39 is 18.5 Å². The molecule has 8 heteroatoms. The van der Waals surface area contributed by atoms with E-state index in [-0.39, 0.29) is 17.8 Å². The van der Waals surface area contributed by atoms with Gasteiger partial charge in [-0.25, -0.2) is 9.48 Å². The van der Waals surface area contributed by atoms with Gasteiger partial charge in [-0.2, -0.15) is 5.10 Å². The molecule has 7 nitrogen and oxygen atoms in total. The van der Waals surface area contributed by atoms with E-state index in [0.29, 0.717) is 5.69 Å². The van der Waals surface area contributed by atoms with E-state index in [1.807, 2.05) is 43.3 Å². The molecule has 29 heavy (non-hydrogen) atoms. The van der Waals surface area contributed by atoms with Gasteiger partial charge in [0.2, 0.25) is 0 Å². The van der Waals surface area contributed by atoms with Crippen molar-refractivity contribution in [2.45, 2.75) is 13.5 Å². The second-order valence-corrected chi connectivity index (χ2v) is 7.14. The largest absolute Gasteiger partial charge is 0.451 e. The van der Waals surface area contributed by atoms with Crippen LogP contribution in [0.25, 0.3) is 0 Å². The fourth-order valence-corrected chi connectivity index (χ4v) is 2.80. The van der Waals surface area contributed by atoms with Crippen molar-refractivity contribution < 1.29 is 14.3 Å². The maximum Gasteiger partial charge on any atom is 0.359 e. The summed E-state index contributed by atoms with van der Waals surface area (Å²) in [6.45, 7) is 1.66. The molecule has 1 aromatic heterocycles. The summed E-state index contributed by atoms with van der Waals surface area (Å²) >= 11 is 3.39. The second-order valence-electron chi connectivity index (χ2n) is 6.29. The number of rotatable bonds is 6. The summed E-state index contributed by atoms with van der Waals surface area (Å²) < 4.78 is 7.13. The highest BCUT2D eigenvalue weighted by atomic mass is 79.9. The maximum atomic E-state index is 12.2. The number of hydrogen-bond donors (Lipinski definition) is 1. The third-order valence-electron chi connectivity index (χ3n) is 4.03. The number of esters is 1. The molecule has 0 radical (unpaired) electrons. The number of halogens is 1.